The summed E-state index contributed by atoms with van der Waals surface area (Å²) in [6, 6.07) is 10.1. The van der Waals surface area contributed by atoms with Crippen LogP contribution < -0.4 is 20.3 Å². The van der Waals surface area contributed by atoms with Gasteiger partial charge in [0.05, 0.1) is 23.1 Å². The van der Waals surface area contributed by atoms with Gasteiger partial charge in [0.1, 0.15) is 17.1 Å². The van der Waals surface area contributed by atoms with E-state index >= 15 is 0 Å². The SMILES string of the molecule is C=CC(=O)N1CCN(c2nc(NC3CNC(=C)C3)nc3c(Oc4c(C)ccc5[nH]ncc45)cccc23)CC1. The van der Waals surface area contributed by atoms with Crippen LogP contribution in [-0.4, -0.2) is 69.7 Å². The number of fused-ring (bicyclic) bond motifs is 2. The van der Waals surface area contributed by atoms with Gasteiger partial charge in [0.15, 0.2) is 5.75 Å². The molecular weight excluding hydrogens is 480 g/mol. The Morgan fingerprint density at radius 2 is 2.00 bits per heavy atom. The first-order valence-electron chi connectivity index (χ1n) is 12.8. The number of piperazine rings is 1. The Bertz CT molecular complexity index is 1550. The summed E-state index contributed by atoms with van der Waals surface area (Å²) in [4.78, 5) is 26.1. The van der Waals surface area contributed by atoms with Gasteiger partial charge in [-0.2, -0.15) is 10.1 Å². The second kappa shape index (κ2) is 9.70. The maximum atomic E-state index is 12.1. The zero-order valence-electron chi connectivity index (χ0n) is 21.3. The topological polar surface area (TPSA) is 111 Å². The van der Waals surface area contributed by atoms with Crippen LogP contribution in [0.5, 0.6) is 11.5 Å². The van der Waals surface area contributed by atoms with Crippen molar-refractivity contribution in [3.63, 3.8) is 0 Å². The molecule has 2 saturated heterocycles. The average Bonchev–Trinajstić information content (AvgIpc) is 3.58. The van der Waals surface area contributed by atoms with Gasteiger partial charge in [0.2, 0.25) is 11.9 Å². The summed E-state index contributed by atoms with van der Waals surface area (Å²) < 4.78 is 6.55. The van der Waals surface area contributed by atoms with E-state index in [1.807, 2.05) is 42.2 Å². The van der Waals surface area contributed by atoms with E-state index in [2.05, 4.69) is 38.9 Å². The van der Waals surface area contributed by atoms with Crippen molar-refractivity contribution in [2.24, 2.45) is 0 Å². The zero-order chi connectivity index (χ0) is 26.2. The Balaban J connectivity index is 1.41. The molecule has 10 heteroatoms. The summed E-state index contributed by atoms with van der Waals surface area (Å²) in [7, 11) is 0. The number of benzene rings is 2. The Kier molecular flexibility index (Phi) is 6.07. The first kappa shape index (κ1) is 23.8. The summed E-state index contributed by atoms with van der Waals surface area (Å²) >= 11 is 0. The van der Waals surface area contributed by atoms with Crippen LogP contribution in [0.2, 0.25) is 0 Å². The maximum absolute atomic E-state index is 12.1. The number of anilines is 2. The highest BCUT2D eigenvalue weighted by molar-refractivity contribution is 5.95. The van der Waals surface area contributed by atoms with E-state index in [0.29, 0.717) is 43.4 Å². The van der Waals surface area contributed by atoms with E-state index in [4.69, 9.17) is 14.7 Å². The van der Waals surface area contributed by atoms with Crippen molar-refractivity contribution in [1.29, 1.82) is 0 Å². The number of nitrogens with one attached hydrogen (secondary N) is 3. The number of ether oxygens (including phenoxy) is 1. The van der Waals surface area contributed by atoms with Gasteiger partial charge in [-0.1, -0.05) is 25.3 Å². The van der Waals surface area contributed by atoms with E-state index < -0.39 is 0 Å². The second-order valence-electron chi connectivity index (χ2n) is 9.71. The molecule has 0 saturated carbocycles. The van der Waals surface area contributed by atoms with Crippen LogP contribution in [0.4, 0.5) is 11.8 Å². The number of carbonyl (C=O) groups excluding carboxylic acids is 1. The summed E-state index contributed by atoms with van der Waals surface area (Å²) in [6.45, 7) is 13.0. The number of aromatic nitrogens is 4. The highest BCUT2D eigenvalue weighted by Crippen LogP contribution is 2.38. The Morgan fingerprint density at radius 3 is 2.76 bits per heavy atom. The predicted molar refractivity (Wildman–Crippen MR) is 149 cm³/mol. The van der Waals surface area contributed by atoms with Gasteiger partial charge >= 0.3 is 0 Å². The number of amides is 1. The quantitative estimate of drug-likeness (QED) is 0.337. The Morgan fingerprint density at radius 1 is 1.16 bits per heavy atom. The molecule has 3 N–H and O–H groups in total. The standard InChI is InChI=1S/C28H30N8O2/c1-4-24(37)35-10-12-36(13-11-35)27-20-6-5-7-23(38-26-17(2)8-9-22-21(26)16-30-34-22)25(20)32-28(33-27)31-19-14-18(3)29-15-19/h4-9,16,19,29H,1,3,10-15H2,2H3,(H,30,34)(H,31,32,33). The van der Waals surface area contributed by atoms with Crippen molar-refractivity contribution < 1.29 is 9.53 Å². The van der Waals surface area contributed by atoms with Gasteiger partial charge in [-0.05, 0) is 36.8 Å². The van der Waals surface area contributed by atoms with Gasteiger partial charge in [0.25, 0.3) is 0 Å². The fourth-order valence-electron chi connectivity index (χ4n) is 5.11. The molecule has 1 atom stereocenters. The molecule has 4 heterocycles. The van der Waals surface area contributed by atoms with E-state index in [-0.39, 0.29) is 11.9 Å². The number of H-pyrrole nitrogens is 1. The van der Waals surface area contributed by atoms with Gasteiger partial charge in [-0.15, -0.1) is 0 Å². The third-order valence-electron chi connectivity index (χ3n) is 7.14. The number of aryl methyl sites for hydroxylation is 1. The van der Waals surface area contributed by atoms with E-state index in [9.17, 15) is 4.79 Å². The van der Waals surface area contributed by atoms with Gasteiger partial charge in [0, 0.05) is 50.2 Å². The number of carbonyl (C=O) groups is 1. The van der Waals surface area contributed by atoms with E-state index in [1.165, 1.54) is 6.08 Å². The Labute approximate surface area is 220 Å². The maximum Gasteiger partial charge on any atom is 0.246 e. The lowest BCUT2D eigenvalue weighted by molar-refractivity contribution is -0.126. The zero-order valence-corrected chi connectivity index (χ0v) is 21.3. The first-order chi connectivity index (χ1) is 18.5. The molecule has 10 nitrogen and oxygen atoms in total. The minimum absolute atomic E-state index is 0.0482. The minimum Gasteiger partial charge on any atom is -0.454 e. The summed E-state index contributed by atoms with van der Waals surface area (Å²) in [5.74, 6) is 2.68. The highest BCUT2D eigenvalue weighted by Gasteiger charge is 2.25. The van der Waals surface area contributed by atoms with Gasteiger partial charge in [-0.25, -0.2) is 4.98 Å². The number of hydrogen-bond donors (Lipinski definition) is 3. The van der Waals surface area contributed by atoms with E-state index in [1.54, 1.807) is 6.20 Å². The molecule has 38 heavy (non-hydrogen) atoms. The van der Waals surface area contributed by atoms with Gasteiger partial charge in [-0.3, -0.25) is 9.89 Å². The molecule has 1 unspecified atom stereocenters. The molecule has 6 rings (SSSR count). The molecule has 194 valence electrons. The molecule has 1 amide bonds. The summed E-state index contributed by atoms with van der Waals surface area (Å²) in [6.07, 6.45) is 3.95. The van der Waals surface area contributed by atoms with Crippen molar-refractivity contribution in [2.75, 3.05) is 42.9 Å². The van der Waals surface area contributed by atoms with Crippen molar-refractivity contribution >= 4 is 39.5 Å². The van der Waals surface area contributed by atoms with Crippen LogP contribution in [-0.2, 0) is 4.79 Å². The van der Waals surface area contributed by atoms with Crippen LogP contribution >= 0.6 is 0 Å². The number of hydrogen-bond acceptors (Lipinski definition) is 8. The van der Waals surface area contributed by atoms with Crippen molar-refractivity contribution in [1.82, 2.24) is 30.4 Å². The summed E-state index contributed by atoms with van der Waals surface area (Å²) in [5.41, 5.74) is 3.62. The molecule has 4 aromatic rings. The number of para-hydroxylation sites is 1. The molecular formula is C28H30N8O2. The first-order valence-corrected chi connectivity index (χ1v) is 12.8. The predicted octanol–water partition coefficient (Wildman–Crippen LogP) is 3.73. The third kappa shape index (κ3) is 4.38. The lowest BCUT2D eigenvalue weighted by Gasteiger charge is -2.35. The minimum atomic E-state index is -0.0482. The highest BCUT2D eigenvalue weighted by atomic mass is 16.5. The van der Waals surface area contributed by atoms with Crippen LogP contribution in [0, 0.1) is 6.92 Å². The molecule has 2 aromatic carbocycles. The van der Waals surface area contributed by atoms with E-state index in [0.717, 1.165) is 52.1 Å². The van der Waals surface area contributed by atoms with Crippen LogP contribution in [0.15, 0.2) is 61.5 Å². The number of aromatic amines is 1. The molecule has 0 bridgehead atoms. The monoisotopic (exact) mass is 510 g/mol. The molecule has 0 aliphatic carbocycles. The molecule has 2 aromatic heterocycles. The van der Waals surface area contributed by atoms with Crippen LogP contribution in [0.3, 0.4) is 0 Å². The third-order valence-corrected chi connectivity index (χ3v) is 7.14. The Hall–Kier alpha value is -4.60. The fourth-order valence-corrected chi connectivity index (χ4v) is 5.11. The molecule has 0 radical (unpaired) electrons. The number of nitrogens with zero attached hydrogens (tertiary/aromatic N) is 5. The molecule has 2 fully saturated rings. The molecule has 2 aliphatic heterocycles. The summed E-state index contributed by atoms with van der Waals surface area (Å²) in [5, 5.41) is 15.8. The fraction of sp³-hybridized carbons (Fsp3) is 0.286. The normalized spacial score (nSPS) is 17.6. The van der Waals surface area contributed by atoms with Crippen molar-refractivity contribution in [2.45, 2.75) is 19.4 Å². The molecule has 0 spiro atoms. The average molecular weight is 511 g/mol. The van der Waals surface area contributed by atoms with Gasteiger partial charge < -0.3 is 25.2 Å². The second-order valence-corrected chi connectivity index (χ2v) is 9.71. The van der Waals surface area contributed by atoms with Crippen LogP contribution in [0.1, 0.15) is 12.0 Å². The molecule has 2 aliphatic rings. The smallest absolute Gasteiger partial charge is 0.246 e. The largest absolute Gasteiger partial charge is 0.454 e. The number of rotatable bonds is 6. The van der Waals surface area contributed by atoms with Crippen molar-refractivity contribution in [3.05, 3.63) is 67.0 Å². The lowest BCUT2D eigenvalue weighted by Crippen LogP contribution is -2.48. The van der Waals surface area contributed by atoms with Crippen LogP contribution in [0.25, 0.3) is 21.8 Å². The van der Waals surface area contributed by atoms with Crippen molar-refractivity contribution in [3.8, 4) is 11.5 Å². The lowest BCUT2D eigenvalue weighted by atomic mass is 10.1.